The number of carboxylic acids is 1. The number of allylic oxidation sites excluding steroid dienone is 4. The Labute approximate surface area is 250 Å². The third-order valence-corrected chi connectivity index (χ3v) is 9.81. The Bertz CT molecular complexity index is 1440. The van der Waals surface area contributed by atoms with Crippen molar-refractivity contribution in [1.82, 2.24) is 0 Å². The molecule has 5 aliphatic heterocycles. The number of carbonyl (C=O) groups is 1. The van der Waals surface area contributed by atoms with Gasteiger partial charge >= 0.3 is 5.97 Å². The van der Waals surface area contributed by atoms with Crippen molar-refractivity contribution in [2.45, 2.75) is 70.3 Å². The number of ether oxygens (including phenoxy) is 2. The molecule has 7 rings (SSSR count). The van der Waals surface area contributed by atoms with Crippen molar-refractivity contribution in [3.63, 3.8) is 0 Å². The highest BCUT2D eigenvalue weighted by Crippen LogP contribution is 2.53. The number of quaternary nitrogens is 1. The van der Waals surface area contributed by atoms with Crippen LogP contribution in [0.1, 0.15) is 68.1 Å². The minimum Gasteiger partial charge on any atom is -0.478 e. The average molecular weight is 570 g/mol. The van der Waals surface area contributed by atoms with Gasteiger partial charge in [-0.3, -0.25) is 0 Å². The van der Waals surface area contributed by atoms with Gasteiger partial charge in [0.2, 0.25) is 0 Å². The molecule has 0 radical (unpaired) electrons. The summed E-state index contributed by atoms with van der Waals surface area (Å²) in [5, 5.41) is 10.2. The van der Waals surface area contributed by atoms with Crippen molar-refractivity contribution in [2.24, 2.45) is 0 Å². The highest BCUT2D eigenvalue weighted by molar-refractivity contribution is 6.02. The Hall–Kier alpha value is -3.35. The number of aryl methyl sites for hydroxylation is 1. The molecule has 6 nitrogen and oxygen atoms in total. The number of rotatable bonds is 4. The van der Waals surface area contributed by atoms with Crippen LogP contribution in [0.2, 0.25) is 0 Å². The van der Waals surface area contributed by atoms with E-state index in [1.807, 2.05) is 0 Å². The summed E-state index contributed by atoms with van der Waals surface area (Å²) < 4.78 is 11.4. The van der Waals surface area contributed by atoms with Gasteiger partial charge in [0.15, 0.2) is 0 Å². The third kappa shape index (κ3) is 4.79. The maximum Gasteiger partial charge on any atom is 0.336 e. The normalized spacial score (nSPS) is 24.5. The van der Waals surface area contributed by atoms with E-state index in [9.17, 15) is 9.90 Å². The standard InChI is InChI=1S/C34H38N2O3.C2H6O/c1-3-23(24(4-2)34(37)38)29-27-19-21-11-5-7-15-35-17-9-13-25(30(21)35)32(27)39-33-26-14-10-18-36-16-8-6-12-22(31(26)36)20-28(29)33;1-3-2/h3-4,19-20,30H,1-2,5-18H2,(H,37,38);1-2H3/p+1/b24-23-;. The predicted octanol–water partition coefficient (Wildman–Crippen LogP) is 5.36. The average Bonchev–Trinajstić information content (AvgIpc) is 3.33. The number of benzene rings is 1. The molecule has 1 aliphatic carbocycles. The molecular formula is C36H45N2O4+. The van der Waals surface area contributed by atoms with Crippen molar-refractivity contribution in [3.8, 4) is 5.75 Å². The fourth-order valence-corrected chi connectivity index (χ4v) is 8.24. The van der Waals surface area contributed by atoms with Crippen LogP contribution in [-0.2, 0) is 22.4 Å². The second-order valence-electron chi connectivity index (χ2n) is 12.4. The van der Waals surface area contributed by atoms with Gasteiger partial charge in [-0.05, 0) is 86.6 Å². The topological polar surface area (TPSA) is 63.4 Å². The SMILES string of the molecule is C=C/C(C(=O)O)=C(\C=C)C1=C2C=C3CCCC[NH+]4CCCC(=C2Oc2c1cc1c5c2CCCN5CCCC1)C34.COC. The molecule has 0 aromatic heterocycles. The lowest BCUT2D eigenvalue weighted by atomic mass is 9.76. The van der Waals surface area contributed by atoms with Crippen molar-refractivity contribution < 1.29 is 24.3 Å². The summed E-state index contributed by atoms with van der Waals surface area (Å²) in [5.74, 6) is 0.967. The summed E-state index contributed by atoms with van der Waals surface area (Å²) in [6.07, 6.45) is 16.9. The van der Waals surface area contributed by atoms with E-state index in [1.54, 1.807) is 25.2 Å². The van der Waals surface area contributed by atoms with Crippen LogP contribution in [0.25, 0.3) is 5.57 Å². The van der Waals surface area contributed by atoms with Crippen LogP contribution in [0.4, 0.5) is 5.69 Å². The van der Waals surface area contributed by atoms with Crippen molar-refractivity contribution in [3.05, 3.63) is 87.8 Å². The summed E-state index contributed by atoms with van der Waals surface area (Å²) in [6.45, 7) is 12.7. The van der Waals surface area contributed by atoms with Gasteiger partial charge < -0.3 is 24.4 Å². The van der Waals surface area contributed by atoms with Gasteiger partial charge in [0.25, 0.3) is 0 Å². The molecule has 0 amide bonds. The molecule has 2 fully saturated rings. The molecule has 5 heterocycles. The predicted molar refractivity (Wildman–Crippen MR) is 168 cm³/mol. The summed E-state index contributed by atoms with van der Waals surface area (Å²) >= 11 is 0. The van der Waals surface area contributed by atoms with Crippen LogP contribution >= 0.6 is 0 Å². The fourth-order valence-electron chi connectivity index (χ4n) is 8.24. The lowest BCUT2D eigenvalue weighted by Crippen LogP contribution is -3.16. The van der Waals surface area contributed by atoms with E-state index in [1.165, 1.54) is 79.2 Å². The van der Waals surface area contributed by atoms with Crippen LogP contribution < -0.4 is 14.5 Å². The van der Waals surface area contributed by atoms with E-state index in [4.69, 9.17) is 4.74 Å². The quantitative estimate of drug-likeness (QED) is 0.378. The van der Waals surface area contributed by atoms with Gasteiger partial charge in [0.1, 0.15) is 17.6 Å². The molecule has 6 aliphatic rings. The Kier molecular flexibility index (Phi) is 8.28. The number of hydrogen-bond acceptors (Lipinski definition) is 4. The van der Waals surface area contributed by atoms with Gasteiger partial charge in [0, 0.05) is 67.3 Å². The van der Waals surface area contributed by atoms with Gasteiger partial charge in [-0.25, -0.2) is 4.79 Å². The number of nitrogens with one attached hydrogen (secondary N) is 1. The number of hydrogen-bond donors (Lipinski definition) is 2. The molecule has 222 valence electrons. The zero-order chi connectivity index (χ0) is 29.4. The third-order valence-electron chi connectivity index (χ3n) is 9.81. The second-order valence-corrected chi connectivity index (χ2v) is 12.4. The van der Waals surface area contributed by atoms with Crippen LogP contribution in [0.5, 0.6) is 5.75 Å². The van der Waals surface area contributed by atoms with Crippen LogP contribution in [0.15, 0.2) is 71.1 Å². The molecule has 0 spiro atoms. The second kappa shape index (κ2) is 12.1. The number of fused-ring (bicyclic) bond motifs is 3. The fraction of sp³-hybridized carbons (Fsp3) is 0.472. The van der Waals surface area contributed by atoms with E-state index < -0.39 is 5.97 Å². The summed E-state index contributed by atoms with van der Waals surface area (Å²) in [6, 6.07) is 2.72. The van der Waals surface area contributed by atoms with Crippen molar-refractivity contribution in [2.75, 3.05) is 45.3 Å². The Morgan fingerprint density at radius 2 is 1.79 bits per heavy atom. The maximum atomic E-state index is 12.5. The number of nitrogens with zero attached hydrogens (tertiary/aromatic N) is 1. The Morgan fingerprint density at radius 1 is 1.02 bits per heavy atom. The largest absolute Gasteiger partial charge is 0.478 e. The molecule has 2 N–H and O–H groups in total. The van der Waals surface area contributed by atoms with Crippen molar-refractivity contribution in [1.29, 1.82) is 0 Å². The smallest absolute Gasteiger partial charge is 0.336 e. The minimum atomic E-state index is -0.971. The lowest BCUT2D eigenvalue weighted by Gasteiger charge is -2.41. The molecule has 0 bridgehead atoms. The summed E-state index contributed by atoms with van der Waals surface area (Å²) in [7, 11) is 3.25. The summed E-state index contributed by atoms with van der Waals surface area (Å²) in [4.78, 5) is 16.7. The number of piperidine rings is 1. The van der Waals surface area contributed by atoms with Gasteiger partial charge in [-0.2, -0.15) is 0 Å². The Balaban J connectivity index is 0.00000101. The maximum absolute atomic E-state index is 12.5. The van der Waals surface area contributed by atoms with Crippen LogP contribution in [0, 0.1) is 0 Å². The monoisotopic (exact) mass is 569 g/mol. The summed E-state index contributed by atoms with van der Waals surface area (Å²) in [5.41, 5.74) is 10.9. The molecule has 2 atom stereocenters. The molecule has 0 saturated carbocycles. The molecule has 1 aromatic carbocycles. The number of aliphatic carboxylic acids is 1. The van der Waals surface area contributed by atoms with Crippen molar-refractivity contribution >= 4 is 17.2 Å². The first-order chi connectivity index (χ1) is 20.5. The number of carboxylic acid groups (broad SMARTS) is 1. The molecule has 42 heavy (non-hydrogen) atoms. The first-order valence-corrected chi connectivity index (χ1v) is 15.8. The zero-order valence-electron chi connectivity index (χ0n) is 25.3. The van der Waals surface area contributed by atoms with Gasteiger partial charge in [-0.15, -0.1) is 0 Å². The lowest BCUT2D eigenvalue weighted by molar-refractivity contribution is -0.917. The molecular weight excluding hydrogens is 524 g/mol. The van der Waals surface area contributed by atoms with Crippen LogP contribution in [-0.4, -0.2) is 57.5 Å². The molecule has 2 unspecified atom stereocenters. The van der Waals surface area contributed by atoms with E-state index in [-0.39, 0.29) is 5.57 Å². The van der Waals surface area contributed by atoms with Gasteiger partial charge in [0.05, 0.1) is 18.7 Å². The van der Waals surface area contributed by atoms with Gasteiger partial charge in [-0.1, -0.05) is 25.3 Å². The van der Waals surface area contributed by atoms with E-state index in [0.717, 1.165) is 73.4 Å². The van der Waals surface area contributed by atoms with E-state index in [2.05, 4.69) is 34.9 Å². The molecule has 6 heteroatoms. The van der Waals surface area contributed by atoms with E-state index >= 15 is 0 Å². The highest BCUT2D eigenvalue weighted by atomic mass is 16.5. The highest BCUT2D eigenvalue weighted by Gasteiger charge is 2.44. The number of anilines is 1. The zero-order valence-corrected chi connectivity index (χ0v) is 25.3. The first kappa shape index (κ1) is 28.8. The molecule has 2 saturated heterocycles. The number of methoxy groups -OCH3 is 1. The first-order valence-electron chi connectivity index (χ1n) is 15.8. The Morgan fingerprint density at radius 3 is 2.55 bits per heavy atom. The van der Waals surface area contributed by atoms with Crippen LogP contribution in [0.3, 0.4) is 0 Å². The minimum absolute atomic E-state index is 0.201. The molecule has 1 aromatic rings. The van der Waals surface area contributed by atoms with E-state index in [0.29, 0.717) is 11.6 Å².